The monoisotopic (exact) mass is 348 g/mol. The molecule has 0 saturated carbocycles. The molecule has 2 rings (SSSR count). The predicted molar refractivity (Wildman–Crippen MR) is 91.4 cm³/mol. The summed E-state index contributed by atoms with van der Waals surface area (Å²) in [5, 5.41) is 4.73. The zero-order chi connectivity index (χ0) is 17.9. The molecule has 0 radical (unpaired) electrons. The van der Waals surface area contributed by atoms with Gasteiger partial charge in [-0.15, -0.1) is 11.3 Å². The van der Waals surface area contributed by atoms with Crippen LogP contribution in [0.4, 0.5) is 0 Å². The normalized spacial score (nSPS) is 11.8. The van der Waals surface area contributed by atoms with E-state index in [4.69, 9.17) is 4.74 Å². The van der Waals surface area contributed by atoms with Crippen LogP contribution < -0.4 is 5.32 Å². The number of esters is 1. The zero-order valence-corrected chi connectivity index (χ0v) is 14.9. The highest BCUT2D eigenvalue weighted by atomic mass is 32.1. The highest BCUT2D eigenvalue weighted by Crippen LogP contribution is 2.24. The summed E-state index contributed by atoms with van der Waals surface area (Å²) in [6.45, 7) is 4.96. The first-order chi connectivity index (χ1) is 11.3. The minimum Gasteiger partial charge on any atom is -0.469 e. The summed E-state index contributed by atoms with van der Waals surface area (Å²) in [5.41, 5.74) is 2.14. The van der Waals surface area contributed by atoms with Crippen molar-refractivity contribution in [1.82, 2.24) is 10.3 Å². The van der Waals surface area contributed by atoms with Gasteiger partial charge in [0.25, 0.3) is 5.91 Å². The number of methoxy groups -OCH3 is 1. The first-order valence-electron chi connectivity index (χ1n) is 7.46. The molecule has 1 amide bonds. The van der Waals surface area contributed by atoms with E-state index in [-0.39, 0.29) is 18.1 Å². The Kier molecular flexibility index (Phi) is 5.56. The molecule has 2 heterocycles. The Labute approximate surface area is 144 Å². The molecule has 0 aliphatic rings. The van der Waals surface area contributed by atoms with Crippen LogP contribution >= 0.6 is 11.3 Å². The molecule has 0 spiro atoms. The Morgan fingerprint density at radius 3 is 2.54 bits per heavy atom. The molecule has 2 aromatic rings. The SMILES string of the molecule is COC(=O)C[C@@H](NC(=O)c1[nH]c(C)c(C(C)=O)c1C)c1cccs1. The van der Waals surface area contributed by atoms with Crippen molar-refractivity contribution < 1.29 is 19.1 Å². The molecule has 128 valence electrons. The lowest BCUT2D eigenvalue weighted by molar-refractivity contribution is -0.141. The number of nitrogens with one attached hydrogen (secondary N) is 2. The maximum atomic E-state index is 12.6. The molecule has 7 heteroatoms. The van der Waals surface area contributed by atoms with E-state index < -0.39 is 12.0 Å². The third-order valence-corrected chi connectivity index (χ3v) is 4.79. The van der Waals surface area contributed by atoms with Gasteiger partial charge in [0.2, 0.25) is 0 Å². The number of hydrogen-bond donors (Lipinski definition) is 2. The molecule has 0 saturated heterocycles. The summed E-state index contributed by atoms with van der Waals surface area (Å²) in [5.74, 6) is -0.854. The van der Waals surface area contributed by atoms with Gasteiger partial charge in [0.05, 0.1) is 19.6 Å². The van der Waals surface area contributed by atoms with E-state index in [0.29, 0.717) is 22.5 Å². The van der Waals surface area contributed by atoms with E-state index in [1.807, 2.05) is 17.5 Å². The van der Waals surface area contributed by atoms with Crippen molar-refractivity contribution in [2.75, 3.05) is 7.11 Å². The van der Waals surface area contributed by atoms with E-state index >= 15 is 0 Å². The molecule has 0 unspecified atom stereocenters. The number of thiophene rings is 1. The largest absolute Gasteiger partial charge is 0.469 e. The van der Waals surface area contributed by atoms with E-state index in [9.17, 15) is 14.4 Å². The van der Waals surface area contributed by atoms with Crippen LogP contribution in [0.15, 0.2) is 17.5 Å². The van der Waals surface area contributed by atoms with Crippen molar-refractivity contribution >= 4 is 29.0 Å². The maximum absolute atomic E-state index is 12.6. The lowest BCUT2D eigenvalue weighted by Crippen LogP contribution is -2.30. The molecular formula is C17H20N2O4S. The van der Waals surface area contributed by atoms with E-state index in [0.717, 1.165) is 4.88 Å². The van der Waals surface area contributed by atoms with Gasteiger partial charge in [-0.05, 0) is 37.8 Å². The van der Waals surface area contributed by atoms with E-state index in [1.165, 1.54) is 25.4 Å². The van der Waals surface area contributed by atoms with Gasteiger partial charge in [-0.25, -0.2) is 0 Å². The quantitative estimate of drug-likeness (QED) is 0.620. The molecule has 2 N–H and O–H groups in total. The minimum absolute atomic E-state index is 0.0427. The summed E-state index contributed by atoms with van der Waals surface area (Å²) in [7, 11) is 1.31. The molecule has 0 aromatic carbocycles. The average molecular weight is 348 g/mol. The Balaban J connectivity index is 2.26. The fraction of sp³-hybridized carbons (Fsp3) is 0.353. The number of H-pyrrole nitrogens is 1. The standard InChI is InChI=1S/C17H20N2O4S/c1-9-15(11(3)20)10(2)18-16(9)17(22)19-12(8-14(21)23-4)13-6-5-7-24-13/h5-7,12,18H,8H2,1-4H3,(H,19,22)/t12-/m1/s1. The fourth-order valence-corrected chi connectivity index (χ4v) is 3.48. The molecule has 2 aromatic heterocycles. The summed E-state index contributed by atoms with van der Waals surface area (Å²) in [6.07, 6.45) is 0.0427. The lowest BCUT2D eigenvalue weighted by atomic mass is 10.1. The van der Waals surface area contributed by atoms with Crippen LogP contribution in [-0.4, -0.2) is 29.8 Å². The second kappa shape index (κ2) is 7.44. The average Bonchev–Trinajstić information content (AvgIpc) is 3.14. The second-order valence-electron chi connectivity index (χ2n) is 5.50. The topological polar surface area (TPSA) is 88.3 Å². The number of hydrogen-bond acceptors (Lipinski definition) is 5. The van der Waals surface area contributed by atoms with Crippen LogP contribution in [0.5, 0.6) is 0 Å². The van der Waals surface area contributed by atoms with Gasteiger partial charge in [-0.1, -0.05) is 6.07 Å². The zero-order valence-electron chi connectivity index (χ0n) is 14.1. The van der Waals surface area contributed by atoms with Gasteiger partial charge in [0.15, 0.2) is 5.78 Å². The van der Waals surface area contributed by atoms with Crippen LogP contribution in [-0.2, 0) is 9.53 Å². The number of carbonyl (C=O) groups excluding carboxylic acids is 3. The van der Waals surface area contributed by atoms with E-state index in [1.54, 1.807) is 13.8 Å². The van der Waals surface area contributed by atoms with E-state index in [2.05, 4.69) is 10.3 Å². The smallest absolute Gasteiger partial charge is 0.307 e. The molecule has 1 atom stereocenters. The van der Waals surface area contributed by atoms with Crippen molar-refractivity contribution in [2.24, 2.45) is 0 Å². The number of aromatic nitrogens is 1. The van der Waals surface area contributed by atoms with Gasteiger partial charge in [0, 0.05) is 16.1 Å². The third-order valence-electron chi connectivity index (χ3n) is 3.81. The fourth-order valence-electron chi connectivity index (χ4n) is 2.70. The Hall–Kier alpha value is -2.41. The minimum atomic E-state index is -0.478. The van der Waals surface area contributed by atoms with Crippen LogP contribution in [0, 0.1) is 13.8 Å². The molecule has 24 heavy (non-hydrogen) atoms. The summed E-state index contributed by atoms with van der Waals surface area (Å²) in [6, 6.07) is 3.23. The molecular weight excluding hydrogens is 328 g/mol. The van der Waals surface area contributed by atoms with Crippen LogP contribution in [0.2, 0.25) is 0 Å². The van der Waals surface area contributed by atoms with Gasteiger partial charge in [0.1, 0.15) is 5.69 Å². The van der Waals surface area contributed by atoms with Crippen molar-refractivity contribution in [1.29, 1.82) is 0 Å². The van der Waals surface area contributed by atoms with Gasteiger partial charge < -0.3 is 15.0 Å². The number of rotatable bonds is 6. The number of amides is 1. The maximum Gasteiger partial charge on any atom is 0.307 e. The van der Waals surface area contributed by atoms with Crippen molar-refractivity contribution in [3.8, 4) is 0 Å². The second-order valence-corrected chi connectivity index (χ2v) is 6.48. The van der Waals surface area contributed by atoms with Gasteiger partial charge >= 0.3 is 5.97 Å². The number of aryl methyl sites for hydroxylation is 1. The Bertz CT molecular complexity index is 762. The number of aromatic amines is 1. The summed E-state index contributed by atoms with van der Waals surface area (Å²) >= 11 is 1.45. The third kappa shape index (κ3) is 3.73. The number of carbonyl (C=O) groups is 3. The summed E-state index contributed by atoms with van der Waals surface area (Å²) in [4.78, 5) is 39.8. The first-order valence-corrected chi connectivity index (χ1v) is 8.34. The summed E-state index contributed by atoms with van der Waals surface area (Å²) < 4.78 is 4.71. The number of ether oxygens (including phenoxy) is 1. The Morgan fingerprint density at radius 2 is 2.04 bits per heavy atom. The van der Waals surface area contributed by atoms with Crippen LogP contribution in [0.25, 0.3) is 0 Å². The predicted octanol–water partition coefficient (Wildman–Crippen LogP) is 2.93. The van der Waals surface area contributed by atoms with Gasteiger partial charge in [-0.3, -0.25) is 14.4 Å². The number of Topliss-reactive ketones (excluding diaryl/α,β-unsaturated/α-hetero) is 1. The molecule has 0 aliphatic carbocycles. The van der Waals surface area contributed by atoms with Crippen molar-refractivity contribution in [2.45, 2.75) is 33.2 Å². The highest BCUT2D eigenvalue weighted by Gasteiger charge is 2.24. The highest BCUT2D eigenvalue weighted by molar-refractivity contribution is 7.10. The van der Waals surface area contributed by atoms with Crippen LogP contribution in [0.3, 0.4) is 0 Å². The first kappa shape index (κ1) is 17.9. The van der Waals surface area contributed by atoms with Crippen LogP contribution in [0.1, 0.15) is 56.4 Å². The number of ketones is 1. The van der Waals surface area contributed by atoms with Crippen molar-refractivity contribution in [3.05, 3.63) is 44.9 Å². The Morgan fingerprint density at radius 1 is 1.33 bits per heavy atom. The van der Waals surface area contributed by atoms with Crippen molar-refractivity contribution in [3.63, 3.8) is 0 Å². The van der Waals surface area contributed by atoms with Gasteiger partial charge in [-0.2, -0.15) is 0 Å². The molecule has 0 bridgehead atoms. The molecule has 6 nitrogen and oxygen atoms in total. The lowest BCUT2D eigenvalue weighted by Gasteiger charge is -2.16. The molecule has 0 aliphatic heterocycles. The molecule has 0 fully saturated rings.